The van der Waals surface area contributed by atoms with Crippen LogP contribution in [0.5, 0.6) is 11.5 Å². The van der Waals surface area contributed by atoms with Crippen LogP contribution in [0.3, 0.4) is 0 Å². The summed E-state index contributed by atoms with van der Waals surface area (Å²) in [7, 11) is 0. The molecule has 4 aromatic rings. The summed E-state index contributed by atoms with van der Waals surface area (Å²) in [6.45, 7) is 2.46. The first-order valence-electron chi connectivity index (χ1n) is 11.0. The third-order valence-corrected chi connectivity index (χ3v) is 5.90. The Kier molecular flexibility index (Phi) is 5.59. The van der Waals surface area contributed by atoms with Gasteiger partial charge in [0.2, 0.25) is 6.10 Å². The summed E-state index contributed by atoms with van der Waals surface area (Å²) in [5, 5.41) is 13.2. The highest BCUT2D eigenvalue weighted by Crippen LogP contribution is 2.42. The summed E-state index contributed by atoms with van der Waals surface area (Å²) in [5.74, 6) is 1.13. The summed E-state index contributed by atoms with van der Waals surface area (Å²) < 4.78 is 11.7. The van der Waals surface area contributed by atoms with Crippen molar-refractivity contribution in [2.75, 3.05) is 11.5 Å². The first kappa shape index (κ1) is 21.5. The number of anilines is 1. The van der Waals surface area contributed by atoms with E-state index in [1.54, 1.807) is 17.0 Å². The summed E-state index contributed by atoms with van der Waals surface area (Å²) in [4.78, 5) is 25.6. The van der Waals surface area contributed by atoms with Crippen molar-refractivity contribution in [3.05, 3.63) is 107 Å². The van der Waals surface area contributed by atoms with Gasteiger partial charge in [0.15, 0.2) is 0 Å². The zero-order valence-corrected chi connectivity index (χ0v) is 18.5. The Morgan fingerprint density at radius 3 is 2.24 bits per heavy atom. The molecular formula is C27H22N2O5. The van der Waals surface area contributed by atoms with E-state index in [2.05, 4.69) is 0 Å². The molecule has 0 N–H and O–H groups in total. The van der Waals surface area contributed by atoms with Crippen molar-refractivity contribution in [2.24, 2.45) is 0 Å². The number of benzene rings is 4. The largest absolute Gasteiger partial charge is 0.494 e. The standard InChI is InChI=1S/C27H22N2O5/c1-2-33-23-15-12-21(13-16-23)28-25(19-7-10-22(11-8-19)29(31)32)26(27(28)30)34-24-14-9-18-5-3-4-6-20(18)17-24/h3-17,25-26H,2H2,1H3. The minimum atomic E-state index is -0.755. The third-order valence-electron chi connectivity index (χ3n) is 5.90. The van der Waals surface area contributed by atoms with Crippen molar-refractivity contribution in [1.29, 1.82) is 0 Å². The van der Waals surface area contributed by atoms with Crippen LogP contribution in [-0.4, -0.2) is 23.5 Å². The number of fused-ring (bicyclic) bond motifs is 1. The van der Waals surface area contributed by atoms with Crippen molar-refractivity contribution < 1.29 is 19.2 Å². The number of ether oxygens (including phenoxy) is 2. The first-order chi connectivity index (χ1) is 16.5. The van der Waals surface area contributed by atoms with Crippen LogP contribution in [0.25, 0.3) is 10.8 Å². The molecule has 0 aliphatic carbocycles. The number of hydrogen-bond acceptors (Lipinski definition) is 5. The predicted molar refractivity (Wildman–Crippen MR) is 129 cm³/mol. The number of nitrogens with zero attached hydrogens (tertiary/aromatic N) is 2. The molecule has 170 valence electrons. The van der Waals surface area contributed by atoms with Crippen LogP contribution in [0, 0.1) is 10.1 Å². The quantitative estimate of drug-likeness (QED) is 0.204. The van der Waals surface area contributed by atoms with Crippen LogP contribution in [-0.2, 0) is 4.79 Å². The maximum atomic E-state index is 13.3. The maximum Gasteiger partial charge on any atom is 0.271 e. The van der Waals surface area contributed by atoms with Crippen molar-refractivity contribution in [3.63, 3.8) is 0 Å². The Morgan fingerprint density at radius 1 is 0.882 bits per heavy atom. The van der Waals surface area contributed by atoms with E-state index in [0.717, 1.165) is 22.1 Å². The molecule has 7 heteroatoms. The number of β-lactam (4-membered cyclic amide) rings is 1. The van der Waals surface area contributed by atoms with Gasteiger partial charge < -0.3 is 9.47 Å². The highest BCUT2D eigenvalue weighted by molar-refractivity contribution is 6.05. The topological polar surface area (TPSA) is 81.9 Å². The third kappa shape index (κ3) is 3.92. The van der Waals surface area contributed by atoms with Crippen molar-refractivity contribution >= 4 is 28.1 Å². The van der Waals surface area contributed by atoms with Gasteiger partial charge in [-0.25, -0.2) is 0 Å². The smallest absolute Gasteiger partial charge is 0.271 e. The fourth-order valence-electron chi connectivity index (χ4n) is 4.24. The molecule has 2 atom stereocenters. The van der Waals surface area contributed by atoms with Gasteiger partial charge in [0, 0.05) is 17.8 Å². The van der Waals surface area contributed by atoms with E-state index in [1.807, 2.05) is 73.7 Å². The van der Waals surface area contributed by atoms with Gasteiger partial charge in [-0.15, -0.1) is 0 Å². The molecule has 1 fully saturated rings. The molecule has 1 saturated heterocycles. The molecule has 7 nitrogen and oxygen atoms in total. The van der Waals surface area contributed by atoms with Gasteiger partial charge in [0.1, 0.15) is 17.5 Å². The Morgan fingerprint density at radius 2 is 1.56 bits per heavy atom. The van der Waals surface area contributed by atoms with Crippen LogP contribution >= 0.6 is 0 Å². The summed E-state index contributed by atoms with van der Waals surface area (Å²) in [6, 6.07) is 26.7. The molecular weight excluding hydrogens is 432 g/mol. The fraction of sp³-hybridized carbons (Fsp3) is 0.148. The van der Waals surface area contributed by atoms with Gasteiger partial charge in [0.05, 0.1) is 11.5 Å². The molecule has 1 aliphatic heterocycles. The number of carbonyl (C=O) groups excluding carboxylic acids is 1. The van der Waals surface area contributed by atoms with Crippen LogP contribution in [0.2, 0.25) is 0 Å². The van der Waals surface area contributed by atoms with Crippen molar-refractivity contribution in [1.82, 2.24) is 0 Å². The molecule has 5 rings (SSSR count). The molecule has 1 aliphatic rings. The summed E-state index contributed by atoms with van der Waals surface area (Å²) in [6.07, 6.45) is -0.755. The van der Waals surface area contributed by atoms with Gasteiger partial charge >= 0.3 is 0 Å². The van der Waals surface area contributed by atoms with Gasteiger partial charge in [-0.05, 0) is 71.8 Å². The lowest BCUT2D eigenvalue weighted by Crippen LogP contribution is -2.61. The highest BCUT2D eigenvalue weighted by atomic mass is 16.6. The minimum Gasteiger partial charge on any atom is -0.494 e. The number of hydrogen-bond donors (Lipinski definition) is 0. The number of nitro benzene ring substituents is 1. The van der Waals surface area contributed by atoms with Crippen molar-refractivity contribution in [3.8, 4) is 11.5 Å². The van der Waals surface area contributed by atoms with E-state index in [4.69, 9.17) is 9.47 Å². The second-order valence-corrected chi connectivity index (χ2v) is 7.98. The zero-order chi connectivity index (χ0) is 23.7. The van der Waals surface area contributed by atoms with E-state index in [9.17, 15) is 14.9 Å². The normalized spacial score (nSPS) is 17.3. The lowest BCUT2D eigenvalue weighted by atomic mass is 9.89. The van der Waals surface area contributed by atoms with Gasteiger partial charge in [-0.3, -0.25) is 19.8 Å². The Labute approximate surface area is 196 Å². The molecule has 0 bridgehead atoms. The van der Waals surface area contributed by atoms with E-state index in [-0.39, 0.29) is 11.6 Å². The molecule has 1 amide bonds. The van der Waals surface area contributed by atoms with E-state index >= 15 is 0 Å². The van der Waals surface area contributed by atoms with Crippen LogP contribution in [0.1, 0.15) is 18.5 Å². The molecule has 1 heterocycles. The first-order valence-corrected chi connectivity index (χ1v) is 11.0. The van der Waals surface area contributed by atoms with Gasteiger partial charge in [-0.2, -0.15) is 0 Å². The zero-order valence-electron chi connectivity index (χ0n) is 18.5. The summed E-state index contributed by atoms with van der Waals surface area (Å²) in [5.41, 5.74) is 1.45. The van der Waals surface area contributed by atoms with E-state index in [0.29, 0.717) is 18.0 Å². The molecule has 0 aromatic heterocycles. The number of non-ortho nitro benzene ring substituents is 1. The molecule has 4 aromatic carbocycles. The maximum absolute atomic E-state index is 13.3. The Bertz CT molecular complexity index is 1350. The van der Waals surface area contributed by atoms with Crippen LogP contribution < -0.4 is 14.4 Å². The molecule has 0 radical (unpaired) electrons. The molecule has 0 saturated carbocycles. The van der Waals surface area contributed by atoms with Crippen LogP contribution in [0.4, 0.5) is 11.4 Å². The predicted octanol–water partition coefficient (Wildman–Crippen LogP) is 5.68. The van der Waals surface area contributed by atoms with Crippen LogP contribution in [0.15, 0.2) is 91.0 Å². The monoisotopic (exact) mass is 454 g/mol. The van der Waals surface area contributed by atoms with Gasteiger partial charge in [0.25, 0.3) is 11.6 Å². The van der Waals surface area contributed by atoms with E-state index < -0.39 is 17.1 Å². The second kappa shape index (κ2) is 8.86. The number of nitro groups is 1. The number of amides is 1. The fourth-order valence-corrected chi connectivity index (χ4v) is 4.24. The average Bonchev–Trinajstić information content (AvgIpc) is 2.86. The molecule has 34 heavy (non-hydrogen) atoms. The Balaban J connectivity index is 1.48. The second-order valence-electron chi connectivity index (χ2n) is 7.98. The van der Waals surface area contributed by atoms with Gasteiger partial charge in [-0.1, -0.05) is 30.3 Å². The lowest BCUT2D eigenvalue weighted by molar-refractivity contribution is -0.384. The molecule has 0 spiro atoms. The minimum absolute atomic E-state index is 0.00554. The lowest BCUT2D eigenvalue weighted by Gasteiger charge is -2.46. The Hall–Kier alpha value is -4.39. The van der Waals surface area contributed by atoms with E-state index in [1.165, 1.54) is 12.1 Å². The average molecular weight is 454 g/mol. The SMILES string of the molecule is CCOc1ccc(N2C(=O)C(Oc3ccc4ccccc4c3)C2c2ccc([N+](=O)[O-])cc2)cc1. The number of rotatable bonds is 7. The van der Waals surface area contributed by atoms with Crippen molar-refractivity contribution in [2.45, 2.75) is 19.1 Å². The molecule has 2 unspecified atom stereocenters. The summed E-state index contributed by atoms with van der Waals surface area (Å²) >= 11 is 0. The highest BCUT2D eigenvalue weighted by Gasteiger charge is 2.51. The number of carbonyl (C=O) groups is 1.